The molecule has 2 aliphatic rings. The molecule has 0 saturated heterocycles. The minimum absolute atomic E-state index is 0.249. The summed E-state index contributed by atoms with van der Waals surface area (Å²) in [5.41, 5.74) is 1.57. The van der Waals surface area contributed by atoms with E-state index >= 15 is 0 Å². The lowest BCUT2D eigenvalue weighted by atomic mass is 10.0. The standard InChI is InChI=1S/C17H15F3N6O2/c1-24-16(27)26-13-8-28-7-11(13)14(22-15(26)23-24)25-3-2-12-9(6-25)4-10(5-21-12)17(18,19)20/h4-5H,2-3,6-8H2,1H3. The molecule has 5 rings (SSSR count). The first-order valence-corrected chi connectivity index (χ1v) is 8.68. The average Bonchev–Trinajstić information content (AvgIpc) is 3.24. The van der Waals surface area contributed by atoms with Crippen LogP contribution in [0.4, 0.5) is 19.0 Å². The lowest BCUT2D eigenvalue weighted by Crippen LogP contribution is -2.33. The third-order valence-corrected chi connectivity index (χ3v) is 5.15. The number of nitrogens with zero attached hydrogens (tertiary/aromatic N) is 6. The van der Waals surface area contributed by atoms with Gasteiger partial charge in [0.25, 0.3) is 5.78 Å². The van der Waals surface area contributed by atoms with Crippen LogP contribution in [0.1, 0.15) is 28.1 Å². The Morgan fingerprint density at radius 1 is 1.25 bits per heavy atom. The summed E-state index contributed by atoms with van der Waals surface area (Å²) in [4.78, 5) is 22.7. The van der Waals surface area contributed by atoms with Gasteiger partial charge in [-0.25, -0.2) is 13.9 Å². The van der Waals surface area contributed by atoms with Crippen molar-refractivity contribution in [2.24, 2.45) is 7.05 Å². The minimum Gasteiger partial charge on any atom is -0.370 e. The number of halogens is 3. The maximum absolute atomic E-state index is 13.0. The summed E-state index contributed by atoms with van der Waals surface area (Å²) in [6.07, 6.45) is -3.05. The van der Waals surface area contributed by atoms with E-state index in [9.17, 15) is 18.0 Å². The van der Waals surface area contributed by atoms with Gasteiger partial charge >= 0.3 is 11.9 Å². The predicted molar refractivity (Wildman–Crippen MR) is 90.7 cm³/mol. The van der Waals surface area contributed by atoms with E-state index in [4.69, 9.17) is 4.74 Å². The number of rotatable bonds is 1. The summed E-state index contributed by atoms with van der Waals surface area (Å²) >= 11 is 0. The summed E-state index contributed by atoms with van der Waals surface area (Å²) in [5, 5.41) is 4.15. The molecular formula is C17H15F3N6O2. The molecular weight excluding hydrogens is 377 g/mol. The maximum Gasteiger partial charge on any atom is 0.417 e. The van der Waals surface area contributed by atoms with E-state index in [-0.39, 0.29) is 24.6 Å². The van der Waals surface area contributed by atoms with Gasteiger partial charge < -0.3 is 9.64 Å². The second-order valence-corrected chi connectivity index (χ2v) is 6.89. The van der Waals surface area contributed by atoms with Gasteiger partial charge in [0, 0.05) is 44.0 Å². The number of anilines is 1. The molecule has 0 fully saturated rings. The van der Waals surface area contributed by atoms with Gasteiger partial charge in [0.1, 0.15) is 5.82 Å². The highest BCUT2D eigenvalue weighted by Crippen LogP contribution is 2.34. The normalized spacial score (nSPS) is 16.5. The maximum atomic E-state index is 13.0. The molecule has 0 bridgehead atoms. The number of hydrogen-bond donors (Lipinski definition) is 0. The number of ether oxygens (including phenoxy) is 1. The van der Waals surface area contributed by atoms with Crippen molar-refractivity contribution in [2.75, 3.05) is 11.4 Å². The number of pyridine rings is 1. The monoisotopic (exact) mass is 392 g/mol. The van der Waals surface area contributed by atoms with Crippen LogP contribution >= 0.6 is 0 Å². The topological polar surface area (TPSA) is 77.5 Å². The van der Waals surface area contributed by atoms with Gasteiger partial charge in [-0.05, 0) is 11.6 Å². The molecule has 0 spiro atoms. The van der Waals surface area contributed by atoms with Gasteiger partial charge in [-0.15, -0.1) is 5.10 Å². The molecule has 3 aromatic rings. The Morgan fingerprint density at radius 2 is 2.07 bits per heavy atom. The fourth-order valence-electron chi connectivity index (χ4n) is 3.76. The van der Waals surface area contributed by atoms with E-state index in [1.165, 1.54) is 9.08 Å². The van der Waals surface area contributed by atoms with Crippen LogP contribution in [0.25, 0.3) is 5.78 Å². The van der Waals surface area contributed by atoms with Crippen LogP contribution in [0.3, 0.4) is 0 Å². The van der Waals surface area contributed by atoms with Crippen LogP contribution in [0.15, 0.2) is 17.1 Å². The number of aryl methyl sites for hydroxylation is 1. The Hall–Kier alpha value is -2.95. The van der Waals surface area contributed by atoms with Crippen LogP contribution in [-0.2, 0) is 44.1 Å². The fourth-order valence-corrected chi connectivity index (χ4v) is 3.76. The first-order chi connectivity index (χ1) is 13.3. The molecule has 0 amide bonds. The van der Waals surface area contributed by atoms with E-state index in [0.29, 0.717) is 42.3 Å². The first kappa shape index (κ1) is 17.2. The van der Waals surface area contributed by atoms with Crippen LogP contribution in [-0.4, -0.2) is 30.7 Å². The van der Waals surface area contributed by atoms with Gasteiger partial charge in [0.2, 0.25) is 0 Å². The molecule has 0 N–H and O–H groups in total. The largest absolute Gasteiger partial charge is 0.417 e. The Labute approximate surface area is 156 Å². The number of fused-ring (bicyclic) bond motifs is 4. The molecule has 0 aromatic carbocycles. The molecule has 11 heteroatoms. The summed E-state index contributed by atoms with van der Waals surface area (Å²) < 4.78 is 47.3. The summed E-state index contributed by atoms with van der Waals surface area (Å²) in [6, 6.07) is 1.15. The van der Waals surface area contributed by atoms with Gasteiger partial charge in [0.05, 0.1) is 24.5 Å². The predicted octanol–water partition coefficient (Wildman–Crippen LogP) is 1.43. The Balaban J connectivity index is 1.60. The molecule has 146 valence electrons. The quantitative estimate of drug-likeness (QED) is 0.624. The second-order valence-electron chi connectivity index (χ2n) is 6.89. The van der Waals surface area contributed by atoms with Crippen molar-refractivity contribution >= 4 is 11.6 Å². The third kappa shape index (κ3) is 2.49. The lowest BCUT2D eigenvalue weighted by Gasteiger charge is -2.30. The zero-order valence-corrected chi connectivity index (χ0v) is 14.8. The van der Waals surface area contributed by atoms with Crippen molar-refractivity contribution < 1.29 is 17.9 Å². The van der Waals surface area contributed by atoms with Crippen molar-refractivity contribution in [3.63, 3.8) is 0 Å². The molecule has 0 radical (unpaired) electrons. The van der Waals surface area contributed by atoms with E-state index in [0.717, 1.165) is 17.8 Å². The molecule has 28 heavy (non-hydrogen) atoms. The highest BCUT2D eigenvalue weighted by Gasteiger charge is 2.33. The summed E-state index contributed by atoms with van der Waals surface area (Å²) in [6.45, 7) is 1.35. The fraction of sp³-hybridized carbons (Fsp3) is 0.412. The van der Waals surface area contributed by atoms with Gasteiger partial charge in [0.15, 0.2) is 0 Å². The lowest BCUT2D eigenvalue weighted by molar-refractivity contribution is -0.137. The molecule has 5 heterocycles. The number of alkyl halides is 3. The van der Waals surface area contributed by atoms with Crippen LogP contribution in [0, 0.1) is 0 Å². The molecule has 0 atom stereocenters. The smallest absolute Gasteiger partial charge is 0.370 e. The Bertz CT molecular complexity index is 1170. The molecule has 2 aliphatic heterocycles. The molecule has 8 nitrogen and oxygen atoms in total. The molecule has 0 aliphatic carbocycles. The van der Waals surface area contributed by atoms with Gasteiger partial charge in [-0.3, -0.25) is 4.98 Å². The second kappa shape index (κ2) is 5.77. The van der Waals surface area contributed by atoms with Crippen molar-refractivity contribution in [3.8, 4) is 0 Å². The van der Waals surface area contributed by atoms with Crippen LogP contribution < -0.4 is 10.6 Å². The van der Waals surface area contributed by atoms with Crippen LogP contribution in [0.5, 0.6) is 0 Å². The highest BCUT2D eigenvalue weighted by molar-refractivity contribution is 5.56. The van der Waals surface area contributed by atoms with Crippen molar-refractivity contribution in [3.05, 3.63) is 50.8 Å². The summed E-state index contributed by atoms with van der Waals surface area (Å²) in [7, 11) is 1.54. The summed E-state index contributed by atoms with van der Waals surface area (Å²) in [5.74, 6) is 0.841. The average molecular weight is 392 g/mol. The molecule has 3 aromatic heterocycles. The zero-order chi connectivity index (χ0) is 19.6. The number of hydrogen-bond acceptors (Lipinski definition) is 6. The first-order valence-electron chi connectivity index (χ1n) is 8.68. The Kier molecular flexibility index (Phi) is 3.54. The molecule has 0 unspecified atom stereocenters. The molecule has 0 saturated carbocycles. The van der Waals surface area contributed by atoms with E-state index in [2.05, 4.69) is 15.1 Å². The van der Waals surface area contributed by atoms with Crippen molar-refractivity contribution in [2.45, 2.75) is 32.4 Å². The highest BCUT2D eigenvalue weighted by atomic mass is 19.4. The van der Waals surface area contributed by atoms with Gasteiger partial charge in [-0.1, -0.05) is 0 Å². The SMILES string of the molecule is Cn1nc2nc(N3CCc4ncc(C(F)(F)F)cc4C3)c3c(n2c1=O)COC3. The van der Waals surface area contributed by atoms with E-state index < -0.39 is 11.7 Å². The Morgan fingerprint density at radius 3 is 2.86 bits per heavy atom. The zero-order valence-electron chi connectivity index (χ0n) is 14.8. The van der Waals surface area contributed by atoms with Crippen molar-refractivity contribution in [1.29, 1.82) is 0 Å². The van der Waals surface area contributed by atoms with Crippen molar-refractivity contribution in [1.82, 2.24) is 24.1 Å². The van der Waals surface area contributed by atoms with E-state index in [1.54, 1.807) is 7.05 Å². The van der Waals surface area contributed by atoms with Crippen LogP contribution in [0.2, 0.25) is 0 Å². The van der Waals surface area contributed by atoms with Gasteiger partial charge in [-0.2, -0.15) is 18.2 Å². The third-order valence-electron chi connectivity index (χ3n) is 5.15. The van der Waals surface area contributed by atoms with E-state index in [1.807, 2.05) is 4.90 Å². The minimum atomic E-state index is -4.44. The number of aromatic nitrogens is 5.